The Morgan fingerprint density at radius 2 is 1.92 bits per heavy atom. The highest BCUT2D eigenvalue weighted by molar-refractivity contribution is 6.30. The largest absolute Gasteiger partial charge is 0.364 e. The third-order valence-corrected chi connectivity index (χ3v) is 4.16. The molecule has 0 bridgehead atoms. The van der Waals surface area contributed by atoms with E-state index in [1.807, 2.05) is 0 Å². The quantitative estimate of drug-likeness (QED) is 0.367. The zero-order valence-corrected chi connectivity index (χ0v) is 15.7. The third-order valence-electron chi connectivity index (χ3n) is 3.90. The van der Waals surface area contributed by atoms with Crippen molar-refractivity contribution < 1.29 is 4.92 Å². The molecule has 0 aliphatic rings. The Hall–Kier alpha value is -2.45. The second kappa shape index (κ2) is 9.88. The molecule has 1 aromatic carbocycles. The molecule has 0 spiro atoms. The second-order valence-electron chi connectivity index (χ2n) is 5.62. The van der Waals surface area contributed by atoms with Crippen molar-refractivity contribution in [2.45, 2.75) is 20.3 Å². The number of nitrogens with one attached hydrogen (secondary N) is 2. The molecule has 2 aromatic rings. The predicted octanol–water partition coefficient (Wildman–Crippen LogP) is 3.93. The average Bonchev–Trinajstić information content (AvgIpc) is 2.64. The first kappa shape index (κ1) is 19.9. The molecule has 2 rings (SSSR count). The summed E-state index contributed by atoms with van der Waals surface area (Å²) in [4.78, 5) is 21.3. The van der Waals surface area contributed by atoms with Gasteiger partial charge < -0.3 is 15.5 Å². The Morgan fingerprint density at radius 3 is 2.54 bits per heavy atom. The zero-order chi connectivity index (χ0) is 18.9. The monoisotopic (exact) mass is 378 g/mol. The molecule has 0 saturated carbocycles. The summed E-state index contributed by atoms with van der Waals surface area (Å²) in [7, 11) is 0. The molecule has 8 nitrogen and oxygen atoms in total. The predicted molar refractivity (Wildman–Crippen MR) is 104 cm³/mol. The summed E-state index contributed by atoms with van der Waals surface area (Å²) in [5, 5.41) is 17.9. The molecule has 140 valence electrons. The lowest BCUT2D eigenvalue weighted by Gasteiger charge is -2.17. The minimum atomic E-state index is -0.487. The lowest BCUT2D eigenvalue weighted by Crippen LogP contribution is -2.25. The van der Waals surface area contributed by atoms with Crippen LogP contribution in [0.15, 0.2) is 30.5 Å². The van der Waals surface area contributed by atoms with E-state index in [0.717, 1.165) is 31.7 Å². The number of rotatable bonds is 10. The van der Waals surface area contributed by atoms with E-state index in [9.17, 15) is 10.1 Å². The summed E-state index contributed by atoms with van der Waals surface area (Å²) < 4.78 is 0. The number of anilines is 3. The highest BCUT2D eigenvalue weighted by Gasteiger charge is 2.17. The molecule has 0 amide bonds. The van der Waals surface area contributed by atoms with Gasteiger partial charge in [-0.05, 0) is 50.3 Å². The van der Waals surface area contributed by atoms with Gasteiger partial charge in [-0.25, -0.2) is 4.98 Å². The van der Waals surface area contributed by atoms with Crippen molar-refractivity contribution in [3.05, 3.63) is 45.6 Å². The first-order valence-corrected chi connectivity index (χ1v) is 8.91. The zero-order valence-electron chi connectivity index (χ0n) is 14.9. The molecular formula is C17H23ClN6O2. The normalized spacial score (nSPS) is 10.8. The van der Waals surface area contributed by atoms with E-state index in [0.29, 0.717) is 11.6 Å². The van der Waals surface area contributed by atoms with E-state index in [4.69, 9.17) is 11.6 Å². The number of benzene rings is 1. The molecule has 0 saturated heterocycles. The minimum absolute atomic E-state index is 0.144. The molecule has 26 heavy (non-hydrogen) atoms. The molecule has 0 radical (unpaired) electrons. The number of halogens is 1. The fourth-order valence-corrected chi connectivity index (χ4v) is 2.54. The van der Waals surface area contributed by atoms with Crippen molar-refractivity contribution in [3.8, 4) is 0 Å². The maximum atomic E-state index is 11.2. The topological polar surface area (TPSA) is 96.2 Å². The molecule has 0 aliphatic heterocycles. The summed E-state index contributed by atoms with van der Waals surface area (Å²) in [5.74, 6) is 0.491. The van der Waals surface area contributed by atoms with Gasteiger partial charge in [-0.2, -0.15) is 4.98 Å². The summed E-state index contributed by atoms with van der Waals surface area (Å²) >= 11 is 5.86. The second-order valence-corrected chi connectivity index (χ2v) is 6.06. The minimum Gasteiger partial charge on any atom is -0.364 e. The molecule has 1 aromatic heterocycles. The molecule has 0 fully saturated rings. The van der Waals surface area contributed by atoms with E-state index < -0.39 is 4.92 Å². The molecule has 0 unspecified atom stereocenters. The van der Waals surface area contributed by atoms with Crippen molar-refractivity contribution in [3.63, 3.8) is 0 Å². The Balaban J connectivity index is 2.05. The summed E-state index contributed by atoms with van der Waals surface area (Å²) in [6, 6.07) is 7.04. The summed E-state index contributed by atoms with van der Waals surface area (Å²) in [6.45, 7) is 7.71. The molecule has 1 heterocycles. The van der Waals surface area contributed by atoms with Gasteiger partial charge in [0, 0.05) is 17.3 Å². The molecule has 0 atom stereocenters. The van der Waals surface area contributed by atoms with Crippen molar-refractivity contribution in [1.82, 2.24) is 14.9 Å². The van der Waals surface area contributed by atoms with E-state index in [-0.39, 0.29) is 17.5 Å². The molecule has 0 aliphatic carbocycles. The maximum absolute atomic E-state index is 11.2. The van der Waals surface area contributed by atoms with Crippen LogP contribution in [0.3, 0.4) is 0 Å². The Kier molecular flexibility index (Phi) is 7.55. The SMILES string of the molecule is CCN(CC)CCCNc1nc(Nc2ccc(Cl)cc2)ncc1[N+](=O)[O-]. The van der Waals surface area contributed by atoms with Crippen molar-refractivity contribution in [1.29, 1.82) is 0 Å². The molecular weight excluding hydrogens is 356 g/mol. The number of nitrogens with zero attached hydrogens (tertiary/aromatic N) is 4. The molecule has 2 N–H and O–H groups in total. The number of aromatic nitrogens is 2. The van der Waals surface area contributed by atoms with Crippen LogP contribution in [0.2, 0.25) is 5.02 Å². The average molecular weight is 379 g/mol. The van der Waals surface area contributed by atoms with Gasteiger partial charge in [0.15, 0.2) is 0 Å². The first-order chi connectivity index (χ1) is 12.5. The Labute approximate surface area is 157 Å². The third kappa shape index (κ3) is 5.82. The van der Waals surface area contributed by atoms with Gasteiger partial charge in [-0.15, -0.1) is 0 Å². The van der Waals surface area contributed by atoms with Crippen LogP contribution in [0.25, 0.3) is 0 Å². The van der Waals surface area contributed by atoms with Gasteiger partial charge in [0.2, 0.25) is 11.8 Å². The molecule has 9 heteroatoms. The van der Waals surface area contributed by atoms with E-state index in [2.05, 4.69) is 39.3 Å². The van der Waals surface area contributed by atoms with Crippen molar-refractivity contribution in [2.75, 3.05) is 36.8 Å². The summed E-state index contributed by atoms with van der Waals surface area (Å²) in [5.41, 5.74) is 0.602. The highest BCUT2D eigenvalue weighted by Crippen LogP contribution is 2.24. The van der Waals surface area contributed by atoms with Crippen LogP contribution < -0.4 is 10.6 Å². The smallest absolute Gasteiger partial charge is 0.329 e. The van der Waals surface area contributed by atoms with Crippen LogP contribution in [-0.4, -0.2) is 46.0 Å². The van der Waals surface area contributed by atoms with E-state index in [1.54, 1.807) is 24.3 Å². The first-order valence-electron chi connectivity index (χ1n) is 8.53. The van der Waals surface area contributed by atoms with Crippen LogP contribution in [0.5, 0.6) is 0 Å². The number of hydrogen-bond donors (Lipinski definition) is 2. The van der Waals surface area contributed by atoms with Crippen LogP contribution in [0.4, 0.5) is 23.1 Å². The van der Waals surface area contributed by atoms with Gasteiger partial charge in [0.05, 0.1) is 4.92 Å². The van der Waals surface area contributed by atoms with Gasteiger partial charge in [-0.3, -0.25) is 10.1 Å². The Bertz CT molecular complexity index is 722. The fourth-order valence-electron chi connectivity index (χ4n) is 2.41. The van der Waals surface area contributed by atoms with Gasteiger partial charge in [0.25, 0.3) is 0 Å². The number of hydrogen-bond acceptors (Lipinski definition) is 7. The van der Waals surface area contributed by atoms with Crippen molar-refractivity contribution >= 4 is 34.7 Å². The van der Waals surface area contributed by atoms with E-state index >= 15 is 0 Å². The lowest BCUT2D eigenvalue weighted by atomic mass is 10.3. The van der Waals surface area contributed by atoms with Crippen molar-refractivity contribution in [2.24, 2.45) is 0 Å². The highest BCUT2D eigenvalue weighted by atomic mass is 35.5. The maximum Gasteiger partial charge on any atom is 0.329 e. The standard InChI is InChI=1S/C17H23ClN6O2/c1-3-23(4-2)11-5-10-19-16-15(24(25)26)12-20-17(22-16)21-14-8-6-13(18)7-9-14/h6-9,12H,3-5,10-11H2,1-2H3,(H2,19,20,21,22). The van der Waals surface area contributed by atoms with Gasteiger partial charge >= 0.3 is 5.69 Å². The lowest BCUT2D eigenvalue weighted by molar-refractivity contribution is -0.384. The fraction of sp³-hybridized carbons (Fsp3) is 0.412. The van der Waals surface area contributed by atoms with Crippen LogP contribution >= 0.6 is 11.6 Å². The Morgan fingerprint density at radius 1 is 1.23 bits per heavy atom. The van der Waals surface area contributed by atoms with E-state index in [1.165, 1.54) is 6.20 Å². The van der Waals surface area contributed by atoms with Crippen LogP contribution in [0, 0.1) is 10.1 Å². The van der Waals surface area contributed by atoms with Crippen LogP contribution in [-0.2, 0) is 0 Å². The number of nitro groups is 1. The van der Waals surface area contributed by atoms with Gasteiger partial charge in [0.1, 0.15) is 6.20 Å². The van der Waals surface area contributed by atoms with Gasteiger partial charge in [-0.1, -0.05) is 25.4 Å². The summed E-state index contributed by atoms with van der Waals surface area (Å²) in [6.07, 6.45) is 2.07. The van der Waals surface area contributed by atoms with Crippen LogP contribution in [0.1, 0.15) is 20.3 Å².